The largest absolute Gasteiger partial charge is 0.465 e. The second kappa shape index (κ2) is 7.40. The fourth-order valence-electron chi connectivity index (χ4n) is 2.24. The average Bonchev–Trinajstić information content (AvgIpc) is 2.65. The maximum Gasteiger partial charge on any atom is 0.355 e. The van der Waals surface area contributed by atoms with Crippen molar-refractivity contribution in [2.75, 3.05) is 14.2 Å². The molecule has 1 aromatic carbocycles. The van der Waals surface area contributed by atoms with Crippen molar-refractivity contribution in [3.8, 4) is 6.07 Å². The summed E-state index contributed by atoms with van der Waals surface area (Å²) < 4.78 is 22.2. The summed E-state index contributed by atoms with van der Waals surface area (Å²) in [6.07, 6.45) is 0. The molecule has 0 amide bonds. The van der Waals surface area contributed by atoms with Gasteiger partial charge in [0.1, 0.15) is 23.1 Å². The van der Waals surface area contributed by atoms with Gasteiger partial charge < -0.3 is 14.5 Å². The van der Waals surface area contributed by atoms with Gasteiger partial charge in [0, 0.05) is 5.56 Å². The lowest BCUT2D eigenvalue weighted by atomic mass is 9.94. The van der Waals surface area contributed by atoms with E-state index in [1.807, 2.05) is 0 Å². The first kappa shape index (κ1) is 18.5. The van der Waals surface area contributed by atoms with Crippen molar-refractivity contribution < 1.29 is 28.2 Å². The van der Waals surface area contributed by atoms with Crippen molar-refractivity contribution in [3.63, 3.8) is 0 Å². The van der Waals surface area contributed by atoms with E-state index in [1.165, 1.54) is 6.07 Å². The smallest absolute Gasteiger partial charge is 0.355 e. The molecule has 1 heterocycles. The first-order chi connectivity index (χ1) is 12.3. The Balaban J connectivity index is 2.91. The van der Waals surface area contributed by atoms with Crippen molar-refractivity contribution in [2.24, 2.45) is 0 Å². The van der Waals surface area contributed by atoms with E-state index in [9.17, 15) is 28.8 Å². The third-order valence-electron chi connectivity index (χ3n) is 3.44. The molecule has 132 valence electrons. The maximum absolute atomic E-state index is 13.1. The molecule has 0 fully saturated rings. The maximum atomic E-state index is 13.1. The molecule has 0 unspecified atom stereocenters. The number of esters is 2. The predicted molar refractivity (Wildman–Crippen MR) is 84.3 cm³/mol. The van der Waals surface area contributed by atoms with E-state index in [0.29, 0.717) is 0 Å². The first-order valence-electron chi connectivity index (χ1n) is 7.03. The number of methoxy groups -OCH3 is 2. The first-order valence-corrected chi connectivity index (χ1v) is 7.03. The van der Waals surface area contributed by atoms with Gasteiger partial charge in [-0.3, -0.25) is 9.59 Å². The SMILES string of the molecule is COC(=O)c1[nH]c(=O)c(C#N)c(C(=O)OC)c1C(=O)c1ccc(F)cc1. The number of nitrogens with one attached hydrogen (secondary N) is 1. The van der Waals surface area contributed by atoms with E-state index in [2.05, 4.69) is 14.5 Å². The van der Waals surface area contributed by atoms with Crippen molar-refractivity contribution >= 4 is 17.7 Å². The number of nitriles is 1. The van der Waals surface area contributed by atoms with Crippen LogP contribution in [0.2, 0.25) is 0 Å². The number of pyridine rings is 1. The normalized spacial score (nSPS) is 9.92. The molecular formula is C17H11FN2O6. The predicted octanol–water partition coefficient (Wildman–Crippen LogP) is 1.19. The number of halogens is 1. The number of hydrogen-bond acceptors (Lipinski definition) is 7. The summed E-state index contributed by atoms with van der Waals surface area (Å²) in [5, 5.41) is 9.19. The van der Waals surface area contributed by atoms with Gasteiger partial charge in [0.15, 0.2) is 5.78 Å². The molecule has 8 nitrogen and oxygen atoms in total. The highest BCUT2D eigenvalue weighted by atomic mass is 19.1. The minimum Gasteiger partial charge on any atom is -0.465 e. The van der Waals surface area contributed by atoms with Crippen LogP contribution in [0.1, 0.15) is 42.3 Å². The number of rotatable bonds is 4. The number of hydrogen-bond donors (Lipinski definition) is 1. The molecule has 26 heavy (non-hydrogen) atoms. The molecule has 2 rings (SSSR count). The standard InChI is InChI=1S/C17H11FN2O6/c1-25-16(23)11-10(7-19)15(22)20-13(17(24)26-2)12(11)14(21)8-3-5-9(18)6-4-8/h3-6H,1-2H3,(H,20,22). The van der Waals surface area contributed by atoms with Crippen LogP contribution in [-0.4, -0.2) is 36.9 Å². The summed E-state index contributed by atoms with van der Waals surface area (Å²) in [6, 6.07) is 5.75. The van der Waals surface area contributed by atoms with Crippen LogP contribution in [-0.2, 0) is 9.47 Å². The molecular weight excluding hydrogens is 347 g/mol. The molecule has 9 heteroatoms. The van der Waals surface area contributed by atoms with Crippen molar-refractivity contribution in [1.29, 1.82) is 5.26 Å². The Kier molecular flexibility index (Phi) is 5.27. The number of ether oxygens (including phenoxy) is 2. The van der Waals surface area contributed by atoms with Gasteiger partial charge in [-0.2, -0.15) is 5.26 Å². The number of ketones is 1. The van der Waals surface area contributed by atoms with Gasteiger partial charge in [-0.05, 0) is 24.3 Å². The van der Waals surface area contributed by atoms with E-state index in [0.717, 1.165) is 38.5 Å². The second-order valence-corrected chi connectivity index (χ2v) is 4.89. The summed E-state index contributed by atoms with van der Waals surface area (Å²) in [5.41, 5.74) is -3.72. The number of carbonyl (C=O) groups is 3. The summed E-state index contributed by atoms with van der Waals surface area (Å²) in [4.78, 5) is 51.1. The molecule has 2 aromatic rings. The fourth-order valence-corrected chi connectivity index (χ4v) is 2.24. The molecule has 0 radical (unpaired) electrons. The van der Waals surface area contributed by atoms with Gasteiger partial charge in [0.05, 0.1) is 25.3 Å². The summed E-state index contributed by atoms with van der Waals surface area (Å²) in [5.74, 6) is -3.79. The van der Waals surface area contributed by atoms with Gasteiger partial charge in [-0.1, -0.05) is 0 Å². The molecule has 1 N–H and O–H groups in total. The van der Waals surface area contributed by atoms with E-state index in [4.69, 9.17) is 0 Å². The Morgan fingerprint density at radius 2 is 1.62 bits per heavy atom. The van der Waals surface area contributed by atoms with E-state index < -0.39 is 51.5 Å². The lowest BCUT2D eigenvalue weighted by Crippen LogP contribution is -2.28. The lowest BCUT2D eigenvalue weighted by molar-refractivity contribution is 0.0586. The number of nitrogens with zero attached hydrogens (tertiary/aromatic N) is 1. The minimum atomic E-state index is -1.16. The minimum absolute atomic E-state index is 0.0855. The monoisotopic (exact) mass is 358 g/mol. The molecule has 0 atom stereocenters. The summed E-state index contributed by atoms with van der Waals surface area (Å²) in [6.45, 7) is 0. The Hall–Kier alpha value is -3.80. The highest BCUT2D eigenvalue weighted by Crippen LogP contribution is 2.21. The highest BCUT2D eigenvalue weighted by Gasteiger charge is 2.31. The van der Waals surface area contributed by atoms with Crippen LogP contribution in [0.25, 0.3) is 0 Å². The Bertz CT molecular complexity index is 1000. The number of aromatic nitrogens is 1. The number of H-pyrrole nitrogens is 1. The van der Waals surface area contributed by atoms with Crippen LogP contribution in [0.4, 0.5) is 4.39 Å². The zero-order valence-corrected chi connectivity index (χ0v) is 13.6. The van der Waals surface area contributed by atoms with Gasteiger partial charge in [0.25, 0.3) is 5.56 Å². The van der Waals surface area contributed by atoms with Crippen LogP contribution < -0.4 is 5.56 Å². The highest BCUT2D eigenvalue weighted by molar-refractivity contribution is 6.19. The molecule has 0 bridgehead atoms. The second-order valence-electron chi connectivity index (χ2n) is 4.89. The van der Waals surface area contributed by atoms with Crippen molar-refractivity contribution in [1.82, 2.24) is 4.98 Å². The van der Waals surface area contributed by atoms with E-state index >= 15 is 0 Å². The van der Waals surface area contributed by atoms with Crippen LogP contribution in [0.15, 0.2) is 29.1 Å². The summed E-state index contributed by atoms with van der Waals surface area (Å²) >= 11 is 0. The van der Waals surface area contributed by atoms with Gasteiger partial charge in [-0.15, -0.1) is 0 Å². The van der Waals surface area contributed by atoms with Gasteiger partial charge in [-0.25, -0.2) is 14.0 Å². The number of benzene rings is 1. The fraction of sp³-hybridized carbons (Fsp3) is 0.118. The molecule has 0 saturated heterocycles. The average molecular weight is 358 g/mol. The Morgan fingerprint density at radius 3 is 2.12 bits per heavy atom. The van der Waals surface area contributed by atoms with Crippen LogP contribution in [0, 0.1) is 17.1 Å². The van der Waals surface area contributed by atoms with Crippen molar-refractivity contribution in [2.45, 2.75) is 0 Å². The zero-order chi connectivity index (χ0) is 19.4. The van der Waals surface area contributed by atoms with Crippen LogP contribution in [0.5, 0.6) is 0 Å². The van der Waals surface area contributed by atoms with Crippen LogP contribution >= 0.6 is 0 Å². The Labute approximate surface area is 145 Å². The molecule has 1 aromatic heterocycles. The van der Waals surface area contributed by atoms with Crippen molar-refractivity contribution in [3.05, 3.63) is 68.4 Å². The van der Waals surface area contributed by atoms with Gasteiger partial charge in [0.2, 0.25) is 0 Å². The Morgan fingerprint density at radius 1 is 1.04 bits per heavy atom. The third-order valence-corrected chi connectivity index (χ3v) is 3.44. The quantitative estimate of drug-likeness (QED) is 0.642. The van der Waals surface area contributed by atoms with Gasteiger partial charge >= 0.3 is 11.9 Å². The number of aromatic amines is 1. The zero-order valence-electron chi connectivity index (χ0n) is 13.6. The number of carbonyl (C=O) groups excluding carboxylic acids is 3. The van der Waals surface area contributed by atoms with E-state index in [-0.39, 0.29) is 5.56 Å². The lowest BCUT2D eigenvalue weighted by Gasteiger charge is -2.12. The molecule has 0 aliphatic heterocycles. The molecule has 0 aliphatic rings. The molecule has 0 saturated carbocycles. The molecule has 0 spiro atoms. The summed E-state index contributed by atoms with van der Waals surface area (Å²) in [7, 11) is 1.98. The van der Waals surface area contributed by atoms with E-state index in [1.54, 1.807) is 0 Å². The third kappa shape index (κ3) is 3.21. The topological polar surface area (TPSA) is 126 Å². The van der Waals surface area contributed by atoms with Crippen LogP contribution in [0.3, 0.4) is 0 Å². The molecule has 0 aliphatic carbocycles.